The molecule has 2 rings (SSSR count). The predicted octanol–water partition coefficient (Wildman–Crippen LogP) is 5.02. The van der Waals surface area contributed by atoms with Crippen molar-refractivity contribution in [1.29, 1.82) is 0 Å². The molecule has 1 N–H and O–H groups in total. The fraction of sp³-hybridized carbons (Fsp3) is 0.636. The first-order chi connectivity index (χ1) is 13.0. The third-order valence-corrected chi connectivity index (χ3v) is 5.78. The number of halogens is 1. The Labute approximate surface area is 172 Å². The van der Waals surface area contributed by atoms with E-state index in [1.165, 1.54) is 25.7 Å². The van der Waals surface area contributed by atoms with E-state index in [2.05, 4.69) is 35.1 Å². The van der Waals surface area contributed by atoms with E-state index in [9.17, 15) is 9.59 Å². The van der Waals surface area contributed by atoms with Crippen LogP contribution in [0.4, 0.5) is 0 Å². The normalized spacial score (nSPS) is 15.2. The first-order valence-electron chi connectivity index (χ1n) is 10.3. The van der Waals surface area contributed by atoms with Gasteiger partial charge >= 0.3 is 0 Å². The highest BCUT2D eigenvalue weighted by molar-refractivity contribution is 9.10. The van der Waals surface area contributed by atoms with E-state index in [1.54, 1.807) is 0 Å². The highest BCUT2D eigenvalue weighted by Gasteiger charge is 2.27. The van der Waals surface area contributed by atoms with E-state index in [0.29, 0.717) is 18.7 Å². The Bertz CT molecular complexity index is 593. The van der Waals surface area contributed by atoms with Gasteiger partial charge in [0, 0.05) is 35.6 Å². The maximum Gasteiger partial charge on any atom is 0.253 e. The van der Waals surface area contributed by atoms with Crippen LogP contribution in [-0.4, -0.2) is 36.3 Å². The van der Waals surface area contributed by atoms with Crippen LogP contribution in [0, 0.1) is 11.8 Å². The average Bonchev–Trinajstić information content (AvgIpc) is 2.67. The van der Waals surface area contributed by atoms with Crippen molar-refractivity contribution in [3.63, 3.8) is 0 Å². The van der Waals surface area contributed by atoms with Crippen LogP contribution in [0.2, 0.25) is 0 Å². The summed E-state index contributed by atoms with van der Waals surface area (Å²) in [4.78, 5) is 26.7. The molecular formula is C22H33BrN2O2. The van der Waals surface area contributed by atoms with Gasteiger partial charge in [0.1, 0.15) is 0 Å². The van der Waals surface area contributed by atoms with Crippen molar-refractivity contribution in [3.8, 4) is 0 Å². The molecule has 150 valence electrons. The largest absolute Gasteiger partial charge is 0.356 e. The van der Waals surface area contributed by atoms with Gasteiger partial charge in [-0.2, -0.15) is 0 Å². The standard InChI is InChI=1S/C22H33BrN2O2/c1-17(2)7-5-3-4-6-14-24-21(26)18-12-15-25(16-13-18)22(27)19-8-10-20(23)11-9-19/h8-11,17-18H,3-7,12-16H2,1-2H3,(H,24,26). The van der Waals surface area contributed by atoms with Crippen molar-refractivity contribution in [1.82, 2.24) is 10.2 Å². The molecule has 1 aliphatic rings. The number of rotatable bonds is 9. The summed E-state index contributed by atoms with van der Waals surface area (Å²) >= 11 is 3.39. The number of unbranched alkanes of at least 4 members (excludes halogenated alkanes) is 3. The number of hydrogen-bond acceptors (Lipinski definition) is 2. The van der Waals surface area contributed by atoms with Gasteiger partial charge in [0.25, 0.3) is 5.91 Å². The van der Waals surface area contributed by atoms with Gasteiger partial charge in [0.05, 0.1) is 0 Å². The third kappa shape index (κ3) is 7.65. The minimum absolute atomic E-state index is 0.0416. The van der Waals surface area contributed by atoms with Crippen molar-refractivity contribution < 1.29 is 9.59 Å². The maximum atomic E-state index is 12.5. The summed E-state index contributed by atoms with van der Waals surface area (Å²) in [6, 6.07) is 7.45. The minimum Gasteiger partial charge on any atom is -0.356 e. The van der Waals surface area contributed by atoms with Crippen molar-refractivity contribution >= 4 is 27.7 Å². The van der Waals surface area contributed by atoms with Gasteiger partial charge in [-0.15, -0.1) is 0 Å². The fourth-order valence-electron chi connectivity index (χ4n) is 3.51. The minimum atomic E-state index is 0.0416. The first-order valence-corrected chi connectivity index (χ1v) is 11.1. The van der Waals surface area contributed by atoms with Gasteiger partial charge in [0.2, 0.25) is 5.91 Å². The molecule has 2 amide bonds. The Morgan fingerprint density at radius 2 is 1.70 bits per heavy atom. The van der Waals surface area contributed by atoms with Crippen LogP contribution in [0.1, 0.15) is 69.2 Å². The van der Waals surface area contributed by atoms with Crippen LogP contribution in [0.5, 0.6) is 0 Å². The van der Waals surface area contributed by atoms with E-state index >= 15 is 0 Å². The van der Waals surface area contributed by atoms with Crippen LogP contribution in [0.25, 0.3) is 0 Å². The Balaban J connectivity index is 1.62. The Kier molecular flexibility index (Phi) is 9.32. The number of hydrogen-bond donors (Lipinski definition) is 1. The SMILES string of the molecule is CC(C)CCCCCCNC(=O)C1CCN(C(=O)c2ccc(Br)cc2)CC1. The third-order valence-electron chi connectivity index (χ3n) is 5.25. The second-order valence-electron chi connectivity index (χ2n) is 7.96. The molecule has 1 saturated heterocycles. The van der Waals surface area contributed by atoms with Gasteiger partial charge < -0.3 is 10.2 Å². The number of nitrogens with zero attached hydrogens (tertiary/aromatic N) is 1. The summed E-state index contributed by atoms with van der Waals surface area (Å²) in [5.74, 6) is 1.04. The molecule has 4 nitrogen and oxygen atoms in total. The molecule has 0 radical (unpaired) electrons. The number of piperidine rings is 1. The molecule has 0 spiro atoms. The second kappa shape index (κ2) is 11.5. The number of benzene rings is 1. The van der Waals surface area contributed by atoms with E-state index in [4.69, 9.17) is 0 Å². The Morgan fingerprint density at radius 1 is 1.07 bits per heavy atom. The molecule has 0 saturated carbocycles. The van der Waals surface area contributed by atoms with Crippen molar-refractivity contribution in [2.24, 2.45) is 11.8 Å². The Morgan fingerprint density at radius 3 is 2.33 bits per heavy atom. The summed E-state index contributed by atoms with van der Waals surface area (Å²) in [5.41, 5.74) is 0.707. The van der Waals surface area contributed by atoms with Crippen LogP contribution >= 0.6 is 15.9 Å². The van der Waals surface area contributed by atoms with Crippen molar-refractivity contribution in [2.45, 2.75) is 58.8 Å². The molecule has 1 aromatic rings. The zero-order chi connectivity index (χ0) is 19.6. The Hall–Kier alpha value is -1.36. The van der Waals surface area contributed by atoms with Crippen molar-refractivity contribution in [2.75, 3.05) is 19.6 Å². The summed E-state index contributed by atoms with van der Waals surface area (Å²) in [5, 5.41) is 3.09. The molecular weight excluding hydrogens is 404 g/mol. The summed E-state index contributed by atoms with van der Waals surface area (Å²) in [6.07, 6.45) is 7.59. The molecule has 1 aromatic carbocycles. The zero-order valence-corrected chi connectivity index (χ0v) is 18.3. The monoisotopic (exact) mass is 436 g/mol. The second-order valence-corrected chi connectivity index (χ2v) is 8.88. The quantitative estimate of drug-likeness (QED) is 0.552. The molecule has 0 bridgehead atoms. The zero-order valence-electron chi connectivity index (χ0n) is 16.7. The molecule has 1 heterocycles. The van der Waals surface area contributed by atoms with E-state index < -0.39 is 0 Å². The van der Waals surface area contributed by atoms with Gasteiger partial charge in [-0.05, 0) is 49.4 Å². The molecule has 1 fully saturated rings. The van der Waals surface area contributed by atoms with Crippen molar-refractivity contribution in [3.05, 3.63) is 34.3 Å². The number of amides is 2. The maximum absolute atomic E-state index is 12.5. The van der Waals surface area contributed by atoms with Crippen LogP contribution in [-0.2, 0) is 4.79 Å². The summed E-state index contributed by atoms with van der Waals surface area (Å²) in [6.45, 7) is 6.61. The number of carbonyl (C=O) groups excluding carboxylic acids is 2. The lowest BCUT2D eigenvalue weighted by Gasteiger charge is -2.31. The summed E-state index contributed by atoms with van der Waals surface area (Å²) in [7, 11) is 0. The molecule has 0 unspecified atom stereocenters. The van der Waals surface area contributed by atoms with Gasteiger partial charge in [-0.3, -0.25) is 9.59 Å². The lowest BCUT2D eigenvalue weighted by atomic mass is 9.95. The predicted molar refractivity (Wildman–Crippen MR) is 114 cm³/mol. The van der Waals surface area contributed by atoms with Gasteiger partial charge in [-0.25, -0.2) is 0 Å². The molecule has 0 aromatic heterocycles. The van der Waals surface area contributed by atoms with E-state index in [1.807, 2.05) is 29.2 Å². The van der Waals surface area contributed by atoms with Crippen LogP contribution < -0.4 is 5.32 Å². The fourth-order valence-corrected chi connectivity index (χ4v) is 3.77. The molecule has 0 atom stereocenters. The number of likely N-dealkylation sites (tertiary alicyclic amines) is 1. The molecule has 0 aliphatic carbocycles. The van der Waals surface area contributed by atoms with E-state index in [-0.39, 0.29) is 17.7 Å². The summed E-state index contributed by atoms with van der Waals surface area (Å²) < 4.78 is 0.967. The smallest absolute Gasteiger partial charge is 0.253 e. The molecule has 5 heteroatoms. The van der Waals surface area contributed by atoms with E-state index in [0.717, 1.165) is 36.2 Å². The number of nitrogens with one attached hydrogen (secondary N) is 1. The van der Waals surface area contributed by atoms with Crippen LogP contribution in [0.15, 0.2) is 28.7 Å². The highest BCUT2D eigenvalue weighted by atomic mass is 79.9. The molecule has 27 heavy (non-hydrogen) atoms. The lowest BCUT2D eigenvalue weighted by molar-refractivity contribution is -0.126. The van der Waals surface area contributed by atoms with Crippen LogP contribution in [0.3, 0.4) is 0 Å². The van der Waals surface area contributed by atoms with Gasteiger partial charge in [-0.1, -0.05) is 55.5 Å². The lowest BCUT2D eigenvalue weighted by Crippen LogP contribution is -2.43. The number of carbonyl (C=O) groups is 2. The van der Waals surface area contributed by atoms with Gasteiger partial charge in [0.15, 0.2) is 0 Å². The molecule has 1 aliphatic heterocycles. The topological polar surface area (TPSA) is 49.4 Å². The average molecular weight is 437 g/mol. The highest BCUT2D eigenvalue weighted by Crippen LogP contribution is 2.20. The first kappa shape index (κ1) is 21.9.